The molecule has 0 aromatic heterocycles. The summed E-state index contributed by atoms with van der Waals surface area (Å²) < 4.78 is 5.47. The largest absolute Gasteiger partial charge is 0.394 e. The highest BCUT2D eigenvalue weighted by molar-refractivity contribution is 5.75. The molecule has 0 spiro atoms. The summed E-state index contributed by atoms with van der Waals surface area (Å²) in [7, 11) is 0. The Hall–Kier alpha value is -1.36. The number of nitrogens with one attached hydrogen (secondary N) is 1. The summed E-state index contributed by atoms with van der Waals surface area (Å²) in [6, 6.07) is 1.65. The van der Waals surface area contributed by atoms with E-state index in [1.54, 1.807) is 0 Å². The van der Waals surface area contributed by atoms with E-state index in [2.05, 4.69) is 11.4 Å². The topological polar surface area (TPSA) is 106 Å². The van der Waals surface area contributed by atoms with E-state index in [9.17, 15) is 9.90 Å². The molecule has 7 nitrogen and oxygen atoms in total. The number of urea groups is 1. The molecule has 3 N–H and O–H groups in total. The van der Waals surface area contributed by atoms with Gasteiger partial charge in [0.2, 0.25) is 0 Å². The van der Waals surface area contributed by atoms with E-state index in [1.165, 1.54) is 4.90 Å². The van der Waals surface area contributed by atoms with Crippen molar-refractivity contribution in [3.8, 4) is 6.07 Å². The molecule has 0 bridgehead atoms. The minimum atomic E-state index is -0.839. The van der Waals surface area contributed by atoms with Crippen molar-refractivity contribution in [3.05, 3.63) is 0 Å². The molecule has 7 heteroatoms. The zero-order chi connectivity index (χ0) is 12.4. The maximum absolute atomic E-state index is 11.7. The van der Waals surface area contributed by atoms with Crippen LogP contribution in [-0.2, 0) is 4.74 Å². The molecule has 2 aliphatic rings. The second-order valence-corrected chi connectivity index (χ2v) is 4.25. The molecule has 2 fully saturated rings. The Labute approximate surface area is 98.6 Å². The summed E-state index contributed by atoms with van der Waals surface area (Å²) in [6.07, 6.45) is -1.05. The predicted octanol–water partition coefficient (Wildman–Crippen LogP) is -1.03. The van der Waals surface area contributed by atoms with Gasteiger partial charge in [-0.1, -0.05) is 0 Å². The van der Waals surface area contributed by atoms with Crippen LogP contribution in [0.1, 0.15) is 12.8 Å². The molecule has 2 saturated heterocycles. The second-order valence-electron chi connectivity index (χ2n) is 4.25. The number of ether oxygens (including phenoxy) is 1. The summed E-state index contributed by atoms with van der Waals surface area (Å²) in [5, 5.41) is 29.6. The van der Waals surface area contributed by atoms with Gasteiger partial charge in [0.05, 0.1) is 24.7 Å². The molecule has 0 saturated carbocycles. The fourth-order valence-corrected chi connectivity index (χ4v) is 2.18. The monoisotopic (exact) mass is 241 g/mol. The van der Waals surface area contributed by atoms with Gasteiger partial charge in [-0.3, -0.25) is 4.90 Å². The molecule has 3 unspecified atom stereocenters. The van der Waals surface area contributed by atoms with Gasteiger partial charge in [0.1, 0.15) is 12.5 Å². The number of aliphatic hydroxyl groups excluding tert-OH is 2. The maximum atomic E-state index is 11.7. The lowest BCUT2D eigenvalue weighted by atomic mass is 10.0. The third-order valence-electron chi connectivity index (χ3n) is 3.06. The smallest absolute Gasteiger partial charge is 0.321 e. The zero-order valence-electron chi connectivity index (χ0n) is 9.24. The van der Waals surface area contributed by atoms with Gasteiger partial charge in [0, 0.05) is 13.0 Å². The molecule has 17 heavy (non-hydrogen) atoms. The van der Waals surface area contributed by atoms with Gasteiger partial charge in [-0.2, -0.15) is 5.26 Å². The van der Waals surface area contributed by atoms with Crippen molar-refractivity contribution in [2.24, 2.45) is 5.92 Å². The van der Waals surface area contributed by atoms with Gasteiger partial charge in [0.15, 0.2) is 0 Å². The van der Waals surface area contributed by atoms with E-state index in [0.29, 0.717) is 19.4 Å². The van der Waals surface area contributed by atoms with Crippen molar-refractivity contribution in [1.29, 1.82) is 5.26 Å². The Morgan fingerprint density at radius 2 is 2.41 bits per heavy atom. The van der Waals surface area contributed by atoms with Crippen LogP contribution in [0.2, 0.25) is 0 Å². The van der Waals surface area contributed by atoms with Crippen molar-refractivity contribution in [1.82, 2.24) is 10.2 Å². The Morgan fingerprint density at radius 1 is 1.65 bits per heavy atom. The quantitative estimate of drug-likeness (QED) is 0.573. The summed E-state index contributed by atoms with van der Waals surface area (Å²) in [5.41, 5.74) is 0. The van der Waals surface area contributed by atoms with Crippen molar-refractivity contribution in [2.45, 2.75) is 31.4 Å². The second kappa shape index (κ2) is 4.87. The highest BCUT2D eigenvalue weighted by Crippen LogP contribution is 2.29. The molecule has 2 rings (SSSR count). The van der Waals surface area contributed by atoms with Crippen LogP contribution in [0.4, 0.5) is 4.79 Å². The predicted molar refractivity (Wildman–Crippen MR) is 55.3 cm³/mol. The summed E-state index contributed by atoms with van der Waals surface area (Å²) in [6.45, 7) is 0.181. The number of carbonyl (C=O) groups excluding carboxylic acids is 1. The van der Waals surface area contributed by atoms with Gasteiger partial charge < -0.3 is 20.3 Å². The molecule has 4 atom stereocenters. The average Bonchev–Trinajstić information content (AvgIpc) is 2.72. The Kier molecular flexibility index (Phi) is 3.47. The molecule has 2 heterocycles. The lowest BCUT2D eigenvalue weighted by Gasteiger charge is -2.35. The van der Waals surface area contributed by atoms with E-state index in [0.717, 1.165) is 0 Å². The number of nitriles is 1. The fraction of sp³-hybridized carbons (Fsp3) is 0.800. The number of aliphatic hydroxyl groups is 2. The molecular formula is C10H15N3O4. The van der Waals surface area contributed by atoms with Crippen LogP contribution in [-0.4, -0.2) is 52.9 Å². The van der Waals surface area contributed by atoms with Gasteiger partial charge in [0.25, 0.3) is 0 Å². The van der Waals surface area contributed by atoms with Crippen LogP contribution in [0, 0.1) is 17.2 Å². The van der Waals surface area contributed by atoms with Crippen molar-refractivity contribution in [2.75, 3.05) is 13.2 Å². The molecule has 0 radical (unpaired) electrons. The number of amides is 2. The van der Waals surface area contributed by atoms with Crippen molar-refractivity contribution in [3.63, 3.8) is 0 Å². The van der Waals surface area contributed by atoms with Crippen molar-refractivity contribution >= 4 is 6.03 Å². The van der Waals surface area contributed by atoms with Gasteiger partial charge >= 0.3 is 6.03 Å². The average molecular weight is 241 g/mol. The van der Waals surface area contributed by atoms with Crippen LogP contribution in [0.5, 0.6) is 0 Å². The van der Waals surface area contributed by atoms with Crippen LogP contribution < -0.4 is 5.32 Å². The number of nitrogens with zero attached hydrogens (tertiary/aromatic N) is 2. The number of carbonyl (C=O) groups is 1. The highest BCUT2D eigenvalue weighted by Gasteiger charge is 2.42. The highest BCUT2D eigenvalue weighted by atomic mass is 16.5. The molecule has 0 aromatic rings. The number of hydrogen-bond acceptors (Lipinski definition) is 5. The van der Waals surface area contributed by atoms with E-state index in [1.807, 2.05) is 0 Å². The minimum Gasteiger partial charge on any atom is -0.394 e. The SMILES string of the molecule is N#CC1CC(CO)O[C@H]1N1CCC(O)NC1=O. The van der Waals surface area contributed by atoms with Gasteiger partial charge in [-0.15, -0.1) is 0 Å². The van der Waals surface area contributed by atoms with Crippen molar-refractivity contribution < 1.29 is 19.7 Å². The van der Waals surface area contributed by atoms with Crippen LogP contribution in [0.15, 0.2) is 0 Å². The lowest BCUT2D eigenvalue weighted by Crippen LogP contribution is -2.56. The zero-order valence-corrected chi connectivity index (χ0v) is 9.24. The van der Waals surface area contributed by atoms with E-state index < -0.39 is 30.5 Å². The normalized spacial score (nSPS) is 37.7. The maximum Gasteiger partial charge on any atom is 0.321 e. The number of rotatable bonds is 2. The molecule has 94 valence electrons. The summed E-state index contributed by atoms with van der Waals surface area (Å²) >= 11 is 0. The van der Waals surface area contributed by atoms with Crippen LogP contribution in [0.3, 0.4) is 0 Å². The Balaban J connectivity index is 2.06. The Bertz CT molecular complexity index is 343. The molecule has 0 aromatic carbocycles. The van der Waals surface area contributed by atoms with Gasteiger partial charge in [-0.05, 0) is 6.42 Å². The summed E-state index contributed by atoms with van der Waals surface area (Å²) in [5.74, 6) is -0.437. The first-order valence-corrected chi connectivity index (χ1v) is 5.57. The molecular weight excluding hydrogens is 226 g/mol. The van der Waals surface area contributed by atoms with Crippen LogP contribution >= 0.6 is 0 Å². The first-order chi connectivity index (χ1) is 8.15. The van der Waals surface area contributed by atoms with E-state index >= 15 is 0 Å². The summed E-state index contributed by atoms with van der Waals surface area (Å²) in [4.78, 5) is 13.1. The van der Waals surface area contributed by atoms with E-state index in [4.69, 9.17) is 15.1 Å². The first-order valence-electron chi connectivity index (χ1n) is 5.57. The molecule has 2 amide bonds. The standard InChI is InChI=1S/C10H15N3O4/c11-4-6-3-7(5-14)17-9(6)13-2-1-8(15)12-10(13)16/h6-9,14-15H,1-3,5H2,(H,12,16)/t6?,7?,8?,9-/m1/s1. The fourth-order valence-electron chi connectivity index (χ4n) is 2.18. The molecule has 0 aliphatic carbocycles. The first kappa shape index (κ1) is 12.1. The Morgan fingerprint density at radius 3 is 3.00 bits per heavy atom. The van der Waals surface area contributed by atoms with Gasteiger partial charge in [-0.25, -0.2) is 4.79 Å². The third kappa shape index (κ3) is 2.34. The van der Waals surface area contributed by atoms with E-state index in [-0.39, 0.29) is 6.61 Å². The minimum absolute atomic E-state index is 0.160. The number of hydrogen-bond donors (Lipinski definition) is 3. The lowest BCUT2D eigenvalue weighted by molar-refractivity contribution is -0.0689. The third-order valence-corrected chi connectivity index (χ3v) is 3.06. The molecule has 2 aliphatic heterocycles. The van der Waals surface area contributed by atoms with Crippen LogP contribution in [0.25, 0.3) is 0 Å².